The van der Waals surface area contributed by atoms with Crippen molar-refractivity contribution in [3.63, 3.8) is 0 Å². The van der Waals surface area contributed by atoms with Crippen molar-refractivity contribution in [2.75, 3.05) is 6.61 Å². The van der Waals surface area contributed by atoms with Crippen LogP contribution in [0.15, 0.2) is 23.1 Å². The van der Waals surface area contributed by atoms with E-state index in [0.29, 0.717) is 16.7 Å². The van der Waals surface area contributed by atoms with E-state index in [9.17, 15) is 14.0 Å². The van der Waals surface area contributed by atoms with E-state index in [4.69, 9.17) is 27.9 Å². The van der Waals surface area contributed by atoms with E-state index in [1.165, 1.54) is 12.3 Å². The quantitative estimate of drug-likeness (QED) is 0.583. The van der Waals surface area contributed by atoms with Gasteiger partial charge in [0.25, 0.3) is 5.56 Å². The first kappa shape index (κ1) is 19.4. The molecule has 1 unspecified atom stereocenters. The number of aromatic nitrogens is 2. The number of rotatable bonds is 5. The first-order valence-corrected chi connectivity index (χ1v) is 8.42. The molecule has 0 fully saturated rings. The molecule has 0 amide bonds. The van der Waals surface area contributed by atoms with Gasteiger partial charge in [0.2, 0.25) is 0 Å². The SMILES string of the molecule is CCOC(=O)C(Cl)Cc1cc(-n2ncc(C)c(C)c2=O)c(F)cc1Cl. The molecule has 2 aromatic rings. The predicted octanol–water partition coefficient (Wildman–Crippen LogP) is 3.35. The molecule has 0 aliphatic heterocycles. The van der Waals surface area contributed by atoms with Gasteiger partial charge in [0.15, 0.2) is 5.82 Å². The van der Waals surface area contributed by atoms with Crippen LogP contribution in [0, 0.1) is 19.7 Å². The van der Waals surface area contributed by atoms with Crippen molar-refractivity contribution in [1.82, 2.24) is 9.78 Å². The van der Waals surface area contributed by atoms with Gasteiger partial charge in [-0.2, -0.15) is 9.78 Å². The largest absolute Gasteiger partial charge is 0.465 e. The van der Waals surface area contributed by atoms with Crippen LogP contribution in [0.1, 0.15) is 23.6 Å². The van der Waals surface area contributed by atoms with Gasteiger partial charge in [-0.25, -0.2) is 4.39 Å². The second-order valence-corrected chi connectivity index (χ2v) is 6.42. The predicted molar refractivity (Wildman–Crippen MR) is 94.3 cm³/mol. The number of ether oxygens (including phenoxy) is 1. The first-order chi connectivity index (χ1) is 11.8. The summed E-state index contributed by atoms with van der Waals surface area (Å²) in [4.78, 5) is 24.0. The molecule has 0 saturated carbocycles. The zero-order valence-electron chi connectivity index (χ0n) is 14.0. The molecule has 134 valence electrons. The van der Waals surface area contributed by atoms with E-state index >= 15 is 0 Å². The van der Waals surface area contributed by atoms with Crippen LogP contribution in [0.2, 0.25) is 5.02 Å². The fourth-order valence-electron chi connectivity index (χ4n) is 2.20. The van der Waals surface area contributed by atoms with E-state index in [1.54, 1.807) is 20.8 Å². The highest BCUT2D eigenvalue weighted by molar-refractivity contribution is 6.32. The minimum atomic E-state index is -0.972. The number of carbonyl (C=O) groups excluding carboxylic acids is 1. The number of nitrogens with zero attached hydrogens (tertiary/aromatic N) is 2. The molecule has 1 atom stereocenters. The Kier molecular flexibility index (Phi) is 6.19. The molecular weight excluding hydrogens is 370 g/mol. The molecule has 0 radical (unpaired) electrons. The van der Waals surface area contributed by atoms with Crippen molar-refractivity contribution < 1.29 is 13.9 Å². The number of halogens is 3. The zero-order chi connectivity index (χ0) is 18.7. The van der Waals surface area contributed by atoms with Crippen LogP contribution in [0.4, 0.5) is 4.39 Å². The highest BCUT2D eigenvalue weighted by Gasteiger charge is 2.21. The molecule has 1 heterocycles. The average Bonchev–Trinajstić information content (AvgIpc) is 2.56. The highest BCUT2D eigenvalue weighted by Crippen LogP contribution is 2.25. The molecule has 5 nitrogen and oxygen atoms in total. The van der Waals surface area contributed by atoms with Gasteiger partial charge >= 0.3 is 5.97 Å². The summed E-state index contributed by atoms with van der Waals surface area (Å²) >= 11 is 12.1. The molecule has 0 spiro atoms. The first-order valence-electron chi connectivity index (χ1n) is 7.60. The number of carbonyl (C=O) groups is 1. The Morgan fingerprint density at radius 3 is 2.72 bits per heavy atom. The van der Waals surface area contributed by atoms with Crippen molar-refractivity contribution in [2.24, 2.45) is 0 Å². The van der Waals surface area contributed by atoms with E-state index < -0.39 is 22.7 Å². The Morgan fingerprint density at radius 1 is 1.40 bits per heavy atom. The van der Waals surface area contributed by atoms with Crippen LogP contribution in [0.3, 0.4) is 0 Å². The molecule has 25 heavy (non-hydrogen) atoms. The highest BCUT2D eigenvalue weighted by atomic mass is 35.5. The molecule has 8 heteroatoms. The third-order valence-electron chi connectivity index (χ3n) is 3.76. The maximum Gasteiger partial charge on any atom is 0.324 e. The summed E-state index contributed by atoms with van der Waals surface area (Å²) in [6.07, 6.45) is 1.51. The van der Waals surface area contributed by atoms with Crippen LogP contribution in [0.5, 0.6) is 0 Å². The van der Waals surface area contributed by atoms with Crippen LogP contribution >= 0.6 is 23.2 Å². The Balaban J connectivity index is 2.47. The third kappa shape index (κ3) is 4.19. The number of esters is 1. The van der Waals surface area contributed by atoms with E-state index in [2.05, 4.69) is 5.10 Å². The van der Waals surface area contributed by atoms with Gasteiger partial charge in [-0.1, -0.05) is 11.6 Å². The van der Waals surface area contributed by atoms with Crippen LogP contribution < -0.4 is 5.56 Å². The third-order valence-corrected chi connectivity index (χ3v) is 4.44. The van der Waals surface area contributed by atoms with Gasteiger partial charge in [0.1, 0.15) is 11.1 Å². The maximum atomic E-state index is 14.3. The molecule has 2 rings (SSSR count). The summed E-state index contributed by atoms with van der Waals surface area (Å²) < 4.78 is 20.1. The van der Waals surface area contributed by atoms with Gasteiger partial charge in [-0.15, -0.1) is 11.6 Å². The summed E-state index contributed by atoms with van der Waals surface area (Å²) in [5, 5.41) is 3.11. The molecule has 1 aromatic heterocycles. The minimum Gasteiger partial charge on any atom is -0.465 e. The van der Waals surface area contributed by atoms with Gasteiger partial charge in [-0.3, -0.25) is 9.59 Å². The van der Waals surface area contributed by atoms with Gasteiger partial charge in [0, 0.05) is 17.0 Å². The molecular formula is C17H17Cl2FN2O3. The van der Waals surface area contributed by atoms with E-state index in [-0.39, 0.29) is 23.7 Å². The molecule has 0 N–H and O–H groups in total. The summed E-state index contributed by atoms with van der Waals surface area (Å²) in [5.41, 5.74) is 1.10. The second-order valence-electron chi connectivity index (χ2n) is 5.49. The molecule has 0 saturated heterocycles. The van der Waals surface area contributed by atoms with Crippen molar-refractivity contribution in [2.45, 2.75) is 32.6 Å². The maximum absolute atomic E-state index is 14.3. The van der Waals surface area contributed by atoms with Gasteiger partial charge in [0.05, 0.1) is 12.8 Å². The summed E-state index contributed by atoms with van der Waals surface area (Å²) in [6, 6.07) is 2.44. The van der Waals surface area contributed by atoms with Crippen LogP contribution in [-0.4, -0.2) is 27.7 Å². The molecule has 0 bridgehead atoms. The van der Waals surface area contributed by atoms with Crippen LogP contribution in [-0.2, 0) is 16.0 Å². The topological polar surface area (TPSA) is 61.2 Å². The van der Waals surface area contributed by atoms with E-state index in [0.717, 1.165) is 10.7 Å². The number of hydrogen-bond acceptors (Lipinski definition) is 4. The van der Waals surface area contributed by atoms with Crippen molar-refractivity contribution in [3.8, 4) is 5.69 Å². The van der Waals surface area contributed by atoms with Crippen molar-refractivity contribution in [3.05, 3.63) is 56.2 Å². The van der Waals surface area contributed by atoms with Crippen LogP contribution in [0.25, 0.3) is 5.69 Å². The smallest absolute Gasteiger partial charge is 0.324 e. The number of benzene rings is 1. The van der Waals surface area contributed by atoms with Crippen molar-refractivity contribution in [1.29, 1.82) is 0 Å². The lowest BCUT2D eigenvalue weighted by atomic mass is 10.1. The average molecular weight is 387 g/mol. The molecule has 0 aliphatic rings. The normalized spacial score (nSPS) is 12.1. The lowest BCUT2D eigenvalue weighted by molar-refractivity contribution is -0.142. The lowest BCUT2D eigenvalue weighted by Gasteiger charge is -2.13. The summed E-state index contributed by atoms with van der Waals surface area (Å²) in [6.45, 7) is 5.25. The number of aryl methyl sites for hydroxylation is 1. The summed E-state index contributed by atoms with van der Waals surface area (Å²) in [5.74, 6) is -1.29. The second kappa shape index (κ2) is 7.97. The van der Waals surface area contributed by atoms with Gasteiger partial charge in [-0.05, 0) is 44.0 Å². The fourth-order valence-corrected chi connectivity index (χ4v) is 2.66. The van der Waals surface area contributed by atoms with E-state index in [1.807, 2.05) is 0 Å². The zero-order valence-corrected chi connectivity index (χ0v) is 15.5. The minimum absolute atomic E-state index is 0.0338. The summed E-state index contributed by atoms with van der Waals surface area (Å²) in [7, 11) is 0. The Morgan fingerprint density at radius 2 is 2.08 bits per heavy atom. The number of hydrogen-bond donors (Lipinski definition) is 0. The Hall–Kier alpha value is -1.92. The Bertz CT molecular complexity index is 868. The molecule has 1 aromatic carbocycles. The lowest BCUT2D eigenvalue weighted by Crippen LogP contribution is -2.25. The standard InChI is InChI=1S/C17H17Cl2FN2O3/c1-4-25-17(24)13(19)5-11-6-15(14(20)7-12(11)18)22-16(23)10(3)9(2)8-21-22/h6-8,13H,4-5H2,1-3H3. The van der Waals surface area contributed by atoms with Crippen molar-refractivity contribution >= 4 is 29.2 Å². The number of alkyl halides is 1. The Labute approximate surface area is 154 Å². The fraction of sp³-hybridized carbons (Fsp3) is 0.353. The monoisotopic (exact) mass is 386 g/mol. The van der Waals surface area contributed by atoms with Gasteiger partial charge < -0.3 is 4.74 Å². The molecule has 0 aliphatic carbocycles.